The van der Waals surface area contributed by atoms with Gasteiger partial charge in [-0.2, -0.15) is 0 Å². The third-order valence-corrected chi connectivity index (χ3v) is 4.07. The fourth-order valence-corrected chi connectivity index (χ4v) is 2.74. The molecular formula is C22H23NO4. The molecule has 1 amide bonds. The fourth-order valence-electron chi connectivity index (χ4n) is 2.74. The third-order valence-electron chi connectivity index (χ3n) is 4.07. The number of carbonyl (C=O) groups excluding carboxylic acids is 1. The Kier molecular flexibility index (Phi) is 6.66. The average molecular weight is 365 g/mol. The summed E-state index contributed by atoms with van der Waals surface area (Å²) >= 11 is 0. The Balaban J connectivity index is 1.78. The summed E-state index contributed by atoms with van der Waals surface area (Å²) in [6.07, 6.45) is 1.62. The van der Waals surface area contributed by atoms with Crippen molar-refractivity contribution < 1.29 is 18.7 Å². The zero-order valence-corrected chi connectivity index (χ0v) is 15.3. The van der Waals surface area contributed by atoms with Crippen LogP contribution in [0.25, 0.3) is 0 Å². The second-order valence-corrected chi connectivity index (χ2v) is 6.10. The molecule has 5 nitrogen and oxygen atoms in total. The van der Waals surface area contributed by atoms with E-state index in [0.29, 0.717) is 37.6 Å². The first-order valence-corrected chi connectivity index (χ1v) is 8.83. The highest BCUT2D eigenvalue weighted by Gasteiger charge is 2.18. The predicted octanol–water partition coefficient (Wildman–Crippen LogP) is 4.15. The van der Waals surface area contributed by atoms with E-state index in [2.05, 4.69) is 0 Å². The summed E-state index contributed by atoms with van der Waals surface area (Å²) in [5, 5.41) is 0. The van der Waals surface area contributed by atoms with E-state index in [1.165, 1.54) is 0 Å². The number of benzene rings is 2. The molecule has 0 aliphatic rings. The summed E-state index contributed by atoms with van der Waals surface area (Å²) in [6, 6.07) is 20.8. The minimum absolute atomic E-state index is 0.0764. The van der Waals surface area contributed by atoms with Crippen LogP contribution < -0.4 is 4.74 Å². The fraction of sp³-hybridized carbons (Fsp3) is 0.227. The van der Waals surface area contributed by atoms with E-state index >= 15 is 0 Å². The van der Waals surface area contributed by atoms with Gasteiger partial charge in [-0.1, -0.05) is 36.4 Å². The van der Waals surface area contributed by atoms with Crippen molar-refractivity contribution in [3.63, 3.8) is 0 Å². The van der Waals surface area contributed by atoms with Crippen LogP contribution in [0.3, 0.4) is 0 Å². The second kappa shape index (κ2) is 9.59. The van der Waals surface area contributed by atoms with Crippen LogP contribution in [0.5, 0.6) is 5.75 Å². The molecular weight excluding hydrogens is 342 g/mol. The lowest BCUT2D eigenvalue weighted by Gasteiger charge is -2.22. The van der Waals surface area contributed by atoms with Gasteiger partial charge in [0.1, 0.15) is 18.1 Å². The topological polar surface area (TPSA) is 51.9 Å². The second-order valence-electron chi connectivity index (χ2n) is 6.10. The molecule has 27 heavy (non-hydrogen) atoms. The van der Waals surface area contributed by atoms with Gasteiger partial charge in [-0.05, 0) is 35.9 Å². The highest BCUT2D eigenvalue weighted by atomic mass is 16.5. The van der Waals surface area contributed by atoms with Crippen LogP contribution in [0.1, 0.15) is 21.7 Å². The molecule has 0 aliphatic heterocycles. The van der Waals surface area contributed by atoms with Crippen molar-refractivity contribution in [3.05, 3.63) is 89.9 Å². The van der Waals surface area contributed by atoms with Crippen LogP contribution in [0, 0.1) is 0 Å². The van der Waals surface area contributed by atoms with Crippen LogP contribution in [0.4, 0.5) is 0 Å². The molecule has 3 aromatic rings. The number of carbonyl (C=O) groups is 1. The number of amides is 1. The van der Waals surface area contributed by atoms with Gasteiger partial charge in [0.2, 0.25) is 0 Å². The van der Waals surface area contributed by atoms with Crippen LogP contribution in [-0.2, 0) is 17.8 Å². The predicted molar refractivity (Wildman–Crippen MR) is 103 cm³/mol. The van der Waals surface area contributed by atoms with Gasteiger partial charge in [0.25, 0.3) is 5.91 Å². The van der Waals surface area contributed by atoms with Crippen molar-refractivity contribution in [2.24, 2.45) is 0 Å². The van der Waals surface area contributed by atoms with E-state index in [9.17, 15) is 4.79 Å². The Labute approximate surface area is 159 Å². The molecule has 1 heterocycles. The molecule has 0 fully saturated rings. The number of hydrogen-bond donors (Lipinski definition) is 0. The van der Waals surface area contributed by atoms with Gasteiger partial charge >= 0.3 is 0 Å². The van der Waals surface area contributed by atoms with Crippen LogP contribution >= 0.6 is 0 Å². The molecule has 2 aromatic carbocycles. The van der Waals surface area contributed by atoms with Crippen molar-refractivity contribution in [1.82, 2.24) is 4.90 Å². The number of nitrogens with zero attached hydrogens (tertiary/aromatic N) is 1. The third kappa shape index (κ3) is 5.46. The molecule has 140 valence electrons. The lowest BCUT2D eigenvalue weighted by atomic mass is 10.1. The van der Waals surface area contributed by atoms with Gasteiger partial charge in [-0.25, -0.2) is 0 Å². The highest BCUT2D eigenvalue weighted by Crippen LogP contribution is 2.18. The maximum Gasteiger partial charge on any atom is 0.254 e. The summed E-state index contributed by atoms with van der Waals surface area (Å²) in [5.74, 6) is 1.31. The van der Waals surface area contributed by atoms with Crippen molar-refractivity contribution >= 4 is 5.91 Å². The molecule has 1 aromatic heterocycles. The van der Waals surface area contributed by atoms with Gasteiger partial charge in [-0.15, -0.1) is 0 Å². The quantitative estimate of drug-likeness (QED) is 0.535. The summed E-state index contributed by atoms with van der Waals surface area (Å²) in [7, 11) is 1.62. The smallest absolute Gasteiger partial charge is 0.254 e. The first-order chi connectivity index (χ1) is 13.3. The summed E-state index contributed by atoms with van der Waals surface area (Å²) < 4.78 is 16.1. The van der Waals surface area contributed by atoms with E-state index in [1.807, 2.05) is 54.6 Å². The molecule has 0 atom stereocenters. The Hall–Kier alpha value is -3.05. The van der Waals surface area contributed by atoms with Gasteiger partial charge < -0.3 is 18.8 Å². The molecule has 0 saturated heterocycles. The van der Waals surface area contributed by atoms with E-state index in [4.69, 9.17) is 13.9 Å². The number of methoxy groups -OCH3 is 1. The summed E-state index contributed by atoms with van der Waals surface area (Å²) in [6.45, 7) is 1.83. The van der Waals surface area contributed by atoms with Gasteiger partial charge in [0.05, 0.1) is 19.4 Å². The van der Waals surface area contributed by atoms with Gasteiger partial charge in [0.15, 0.2) is 0 Å². The number of furan rings is 1. The molecule has 0 bridgehead atoms. The van der Waals surface area contributed by atoms with E-state index in [1.54, 1.807) is 30.4 Å². The zero-order chi connectivity index (χ0) is 18.9. The summed E-state index contributed by atoms with van der Waals surface area (Å²) in [5.41, 5.74) is 1.64. The first-order valence-electron chi connectivity index (χ1n) is 8.83. The van der Waals surface area contributed by atoms with E-state index < -0.39 is 0 Å². The van der Waals surface area contributed by atoms with Crippen LogP contribution in [0.2, 0.25) is 0 Å². The Morgan fingerprint density at radius 3 is 2.56 bits per heavy atom. The molecule has 0 spiro atoms. The van der Waals surface area contributed by atoms with Gasteiger partial charge in [0, 0.05) is 19.2 Å². The largest absolute Gasteiger partial charge is 0.491 e. The summed E-state index contributed by atoms with van der Waals surface area (Å²) in [4.78, 5) is 14.9. The lowest BCUT2D eigenvalue weighted by Crippen LogP contribution is -2.30. The van der Waals surface area contributed by atoms with E-state index in [-0.39, 0.29) is 5.91 Å². The lowest BCUT2D eigenvalue weighted by molar-refractivity contribution is 0.0717. The Bertz CT molecular complexity index is 831. The standard InChI is InChI=1S/C22H23NO4/c1-25-13-14-27-20-10-5-9-19(15-20)22(24)23(17-21-11-6-12-26-21)16-18-7-3-2-4-8-18/h2-12,15H,13-14,16-17H2,1H3. The minimum Gasteiger partial charge on any atom is -0.491 e. The zero-order valence-electron chi connectivity index (χ0n) is 15.3. The number of rotatable bonds is 9. The highest BCUT2D eigenvalue weighted by molar-refractivity contribution is 5.94. The van der Waals surface area contributed by atoms with Crippen LogP contribution in [-0.4, -0.2) is 31.1 Å². The normalized spacial score (nSPS) is 10.6. The number of hydrogen-bond acceptors (Lipinski definition) is 4. The SMILES string of the molecule is COCCOc1cccc(C(=O)N(Cc2ccccc2)Cc2ccco2)c1. The number of ether oxygens (including phenoxy) is 2. The molecule has 3 rings (SSSR count). The van der Waals surface area contributed by atoms with Gasteiger partial charge in [-0.3, -0.25) is 4.79 Å². The molecule has 0 unspecified atom stereocenters. The molecule has 0 aliphatic carbocycles. The maximum atomic E-state index is 13.2. The molecule has 0 radical (unpaired) electrons. The monoisotopic (exact) mass is 365 g/mol. The van der Waals surface area contributed by atoms with Crippen molar-refractivity contribution in [2.75, 3.05) is 20.3 Å². The van der Waals surface area contributed by atoms with Crippen molar-refractivity contribution in [2.45, 2.75) is 13.1 Å². The Morgan fingerprint density at radius 2 is 1.81 bits per heavy atom. The molecule has 0 saturated carbocycles. The van der Waals surface area contributed by atoms with E-state index in [0.717, 1.165) is 11.3 Å². The van der Waals surface area contributed by atoms with Crippen LogP contribution in [0.15, 0.2) is 77.4 Å². The minimum atomic E-state index is -0.0764. The Morgan fingerprint density at radius 1 is 0.963 bits per heavy atom. The average Bonchev–Trinajstić information content (AvgIpc) is 3.21. The molecule has 0 N–H and O–H groups in total. The van der Waals surface area contributed by atoms with Crippen molar-refractivity contribution in [1.29, 1.82) is 0 Å². The van der Waals surface area contributed by atoms with Crippen molar-refractivity contribution in [3.8, 4) is 5.75 Å². The first kappa shape index (κ1) is 18.7. The maximum absolute atomic E-state index is 13.2. The molecule has 5 heteroatoms.